The second-order valence-electron chi connectivity index (χ2n) is 6.47. The molecule has 6 heteroatoms. The molecule has 2 amide bonds. The van der Waals surface area contributed by atoms with Crippen LogP contribution in [0.4, 0.5) is 10.5 Å². The largest absolute Gasteiger partial charge is 0.495 e. The Labute approximate surface area is 159 Å². The van der Waals surface area contributed by atoms with E-state index in [4.69, 9.17) is 16.3 Å². The fourth-order valence-electron chi connectivity index (χ4n) is 3.08. The standard InChI is InChI=1S/C20H24ClN3O2/c1-15-5-3-4-6-16(15)14-23-9-11-24(12-10-23)20(25)22-17-7-8-19(26-2)18(21)13-17/h3-8,13H,9-12,14H2,1-2H3,(H,22,25). The van der Waals surface area contributed by atoms with Gasteiger partial charge in [-0.15, -0.1) is 0 Å². The number of piperazine rings is 1. The van der Waals surface area contributed by atoms with Gasteiger partial charge >= 0.3 is 6.03 Å². The van der Waals surface area contributed by atoms with Crippen molar-refractivity contribution in [1.82, 2.24) is 9.80 Å². The smallest absolute Gasteiger partial charge is 0.321 e. The monoisotopic (exact) mass is 373 g/mol. The Balaban J connectivity index is 1.52. The number of aryl methyl sites for hydroxylation is 1. The summed E-state index contributed by atoms with van der Waals surface area (Å²) in [6.45, 7) is 6.22. The van der Waals surface area contributed by atoms with E-state index in [2.05, 4.69) is 41.4 Å². The van der Waals surface area contributed by atoms with Crippen LogP contribution in [0.1, 0.15) is 11.1 Å². The van der Waals surface area contributed by atoms with Gasteiger partial charge in [-0.05, 0) is 36.2 Å². The van der Waals surface area contributed by atoms with E-state index in [1.165, 1.54) is 11.1 Å². The molecule has 1 heterocycles. The molecule has 2 aromatic rings. The molecule has 1 saturated heterocycles. The molecule has 1 fully saturated rings. The molecule has 0 aromatic heterocycles. The van der Waals surface area contributed by atoms with Gasteiger partial charge in [-0.2, -0.15) is 0 Å². The number of amides is 2. The fraction of sp³-hybridized carbons (Fsp3) is 0.350. The SMILES string of the molecule is COc1ccc(NC(=O)N2CCN(Cc3ccccc3C)CC2)cc1Cl. The average molecular weight is 374 g/mol. The molecule has 2 aromatic carbocycles. The van der Waals surface area contributed by atoms with E-state index in [9.17, 15) is 4.79 Å². The van der Waals surface area contributed by atoms with Crippen molar-refractivity contribution in [3.63, 3.8) is 0 Å². The summed E-state index contributed by atoms with van der Waals surface area (Å²) in [6.07, 6.45) is 0. The summed E-state index contributed by atoms with van der Waals surface area (Å²) in [7, 11) is 1.57. The molecule has 0 bridgehead atoms. The van der Waals surface area contributed by atoms with Crippen LogP contribution in [0, 0.1) is 6.92 Å². The number of hydrogen-bond donors (Lipinski definition) is 1. The third kappa shape index (κ3) is 4.48. The van der Waals surface area contributed by atoms with Crippen molar-refractivity contribution in [2.45, 2.75) is 13.5 Å². The minimum absolute atomic E-state index is 0.0956. The lowest BCUT2D eigenvalue weighted by atomic mass is 10.1. The van der Waals surface area contributed by atoms with Crippen LogP contribution < -0.4 is 10.1 Å². The summed E-state index contributed by atoms with van der Waals surface area (Å²) >= 11 is 6.11. The van der Waals surface area contributed by atoms with Gasteiger partial charge in [-0.25, -0.2) is 4.79 Å². The third-order valence-electron chi connectivity index (χ3n) is 4.72. The van der Waals surface area contributed by atoms with Crippen molar-refractivity contribution in [2.75, 3.05) is 38.6 Å². The van der Waals surface area contributed by atoms with Gasteiger partial charge in [-0.1, -0.05) is 35.9 Å². The number of methoxy groups -OCH3 is 1. The van der Waals surface area contributed by atoms with E-state index in [1.54, 1.807) is 25.3 Å². The number of benzene rings is 2. The van der Waals surface area contributed by atoms with Crippen LogP contribution in [-0.4, -0.2) is 49.1 Å². The lowest BCUT2D eigenvalue weighted by molar-refractivity contribution is 0.143. The lowest BCUT2D eigenvalue weighted by Crippen LogP contribution is -2.49. The minimum atomic E-state index is -0.0956. The quantitative estimate of drug-likeness (QED) is 0.880. The highest BCUT2D eigenvalue weighted by molar-refractivity contribution is 6.32. The number of nitrogens with one attached hydrogen (secondary N) is 1. The van der Waals surface area contributed by atoms with Crippen LogP contribution >= 0.6 is 11.6 Å². The van der Waals surface area contributed by atoms with Crippen LogP contribution in [0.2, 0.25) is 5.02 Å². The molecule has 0 spiro atoms. The van der Waals surface area contributed by atoms with Crippen LogP contribution in [0.5, 0.6) is 5.75 Å². The number of urea groups is 1. The molecule has 0 atom stereocenters. The number of hydrogen-bond acceptors (Lipinski definition) is 3. The zero-order valence-corrected chi connectivity index (χ0v) is 15.9. The zero-order valence-electron chi connectivity index (χ0n) is 15.2. The highest BCUT2D eigenvalue weighted by Crippen LogP contribution is 2.27. The number of ether oxygens (including phenoxy) is 1. The normalized spacial score (nSPS) is 15.0. The Hall–Kier alpha value is -2.24. The highest BCUT2D eigenvalue weighted by atomic mass is 35.5. The predicted octanol–water partition coefficient (Wildman–Crippen LogP) is 4.01. The summed E-state index contributed by atoms with van der Waals surface area (Å²) in [4.78, 5) is 16.7. The van der Waals surface area contributed by atoms with Gasteiger partial charge in [0.2, 0.25) is 0 Å². The van der Waals surface area contributed by atoms with E-state index < -0.39 is 0 Å². The number of rotatable bonds is 4. The van der Waals surface area contributed by atoms with Crippen LogP contribution in [0.15, 0.2) is 42.5 Å². The summed E-state index contributed by atoms with van der Waals surface area (Å²) in [6, 6.07) is 13.6. The highest BCUT2D eigenvalue weighted by Gasteiger charge is 2.21. The van der Waals surface area contributed by atoms with Crippen molar-refractivity contribution in [2.24, 2.45) is 0 Å². The zero-order chi connectivity index (χ0) is 18.5. The van der Waals surface area contributed by atoms with Crippen molar-refractivity contribution in [3.8, 4) is 5.75 Å². The Morgan fingerprint density at radius 2 is 1.88 bits per heavy atom. The topological polar surface area (TPSA) is 44.8 Å². The maximum absolute atomic E-state index is 12.5. The first kappa shape index (κ1) is 18.5. The van der Waals surface area contributed by atoms with Crippen molar-refractivity contribution in [1.29, 1.82) is 0 Å². The number of anilines is 1. The Morgan fingerprint density at radius 3 is 2.54 bits per heavy atom. The van der Waals surface area contributed by atoms with Gasteiger partial charge in [0.15, 0.2) is 0 Å². The van der Waals surface area contributed by atoms with Crippen LogP contribution in [0.3, 0.4) is 0 Å². The average Bonchev–Trinajstić information content (AvgIpc) is 2.64. The maximum Gasteiger partial charge on any atom is 0.321 e. The van der Waals surface area contributed by atoms with E-state index in [0.717, 1.165) is 19.6 Å². The molecule has 0 radical (unpaired) electrons. The van der Waals surface area contributed by atoms with Gasteiger partial charge in [0, 0.05) is 38.4 Å². The first-order valence-electron chi connectivity index (χ1n) is 8.73. The molecule has 138 valence electrons. The number of nitrogens with zero attached hydrogens (tertiary/aromatic N) is 2. The summed E-state index contributed by atoms with van der Waals surface area (Å²) < 4.78 is 5.13. The lowest BCUT2D eigenvalue weighted by Gasteiger charge is -2.35. The first-order chi connectivity index (χ1) is 12.6. The summed E-state index contributed by atoms with van der Waals surface area (Å²) in [5.41, 5.74) is 3.32. The second-order valence-corrected chi connectivity index (χ2v) is 6.88. The molecule has 1 aliphatic heterocycles. The molecule has 26 heavy (non-hydrogen) atoms. The van der Waals surface area contributed by atoms with Crippen molar-refractivity contribution < 1.29 is 9.53 Å². The van der Waals surface area contributed by atoms with E-state index >= 15 is 0 Å². The number of carbonyl (C=O) groups is 1. The Bertz CT molecular complexity index is 773. The molecule has 0 aliphatic carbocycles. The molecule has 1 aliphatic rings. The molecule has 0 saturated carbocycles. The van der Waals surface area contributed by atoms with E-state index in [0.29, 0.717) is 29.5 Å². The predicted molar refractivity (Wildman–Crippen MR) is 105 cm³/mol. The minimum Gasteiger partial charge on any atom is -0.495 e. The van der Waals surface area contributed by atoms with E-state index in [1.807, 2.05) is 4.90 Å². The second kappa shape index (κ2) is 8.43. The third-order valence-corrected chi connectivity index (χ3v) is 5.01. The number of halogens is 1. The van der Waals surface area contributed by atoms with Crippen molar-refractivity contribution >= 4 is 23.3 Å². The van der Waals surface area contributed by atoms with Gasteiger partial charge in [0.05, 0.1) is 12.1 Å². The van der Waals surface area contributed by atoms with Gasteiger partial charge in [0.25, 0.3) is 0 Å². The van der Waals surface area contributed by atoms with E-state index in [-0.39, 0.29) is 6.03 Å². The molecular formula is C20H24ClN3O2. The fourth-order valence-corrected chi connectivity index (χ4v) is 3.34. The van der Waals surface area contributed by atoms with Crippen molar-refractivity contribution in [3.05, 3.63) is 58.6 Å². The number of carbonyl (C=O) groups excluding carboxylic acids is 1. The first-order valence-corrected chi connectivity index (χ1v) is 9.11. The molecule has 1 N–H and O–H groups in total. The Morgan fingerprint density at radius 1 is 1.15 bits per heavy atom. The van der Waals surface area contributed by atoms with Crippen LogP contribution in [-0.2, 0) is 6.54 Å². The van der Waals surface area contributed by atoms with Gasteiger partial charge in [-0.3, -0.25) is 4.90 Å². The maximum atomic E-state index is 12.5. The molecule has 5 nitrogen and oxygen atoms in total. The molecular weight excluding hydrogens is 350 g/mol. The molecule has 3 rings (SSSR count). The summed E-state index contributed by atoms with van der Waals surface area (Å²) in [5.74, 6) is 0.592. The van der Waals surface area contributed by atoms with Crippen LogP contribution in [0.25, 0.3) is 0 Å². The molecule has 0 unspecified atom stereocenters. The van der Waals surface area contributed by atoms with Gasteiger partial charge in [0.1, 0.15) is 5.75 Å². The van der Waals surface area contributed by atoms with Gasteiger partial charge < -0.3 is 15.0 Å². The summed E-state index contributed by atoms with van der Waals surface area (Å²) in [5, 5.41) is 3.39. The Kier molecular flexibility index (Phi) is 6.01.